The van der Waals surface area contributed by atoms with Gasteiger partial charge in [0.25, 0.3) is 0 Å². The van der Waals surface area contributed by atoms with Crippen LogP contribution in [0.3, 0.4) is 0 Å². The molecule has 66 valence electrons. The van der Waals surface area contributed by atoms with Crippen LogP contribution in [-0.4, -0.2) is 5.97 Å². The maximum absolute atomic E-state index is 10.5. The molecule has 0 saturated heterocycles. The number of rotatable bonds is 1. The highest BCUT2D eigenvalue weighted by molar-refractivity contribution is 6.32. The van der Waals surface area contributed by atoms with Gasteiger partial charge >= 0.3 is 5.97 Å². The van der Waals surface area contributed by atoms with Crippen molar-refractivity contribution < 1.29 is 9.53 Å². The first-order chi connectivity index (χ1) is 5.20. The van der Waals surface area contributed by atoms with E-state index in [-0.39, 0.29) is 18.4 Å². The van der Waals surface area contributed by atoms with Gasteiger partial charge in [-0.25, -0.2) is 0 Å². The maximum Gasteiger partial charge on any atom is 0.308 e. The molecular formula is C8H8Cl2O2. The van der Waals surface area contributed by atoms with Gasteiger partial charge in [0.05, 0.1) is 5.02 Å². The second kappa shape index (κ2) is 5.01. The van der Waals surface area contributed by atoms with Gasteiger partial charge in [0.1, 0.15) is 5.75 Å². The second-order valence-corrected chi connectivity index (χ2v) is 2.43. The monoisotopic (exact) mass is 206 g/mol. The van der Waals surface area contributed by atoms with Gasteiger partial charge in [-0.3, -0.25) is 4.79 Å². The number of ether oxygens (including phenoxy) is 1. The van der Waals surface area contributed by atoms with Crippen LogP contribution in [0.5, 0.6) is 5.75 Å². The Kier molecular flexibility index (Phi) is 4.71. The molecule has 0 bridgehead atoms. The average molecular weight is 207 g/mol. The summed E-state index contributed by atoms with van der Waals surface area (Å²) in [4.78, 5) is 10.5. The van der Waals surface area contributed by atoms with E-state index < -0.39 is 0 Å². The summed E-state index contributed by atoms with van der Waals surface area (Å²) in [6.45, 7) is 1.34. The van der Waals surface area contributed by atoms with Gasteiger partial charge in [0.15, 0.2) is 0 Å². The van der Waals surface area contributed by atoms with Crippen molar-refractivity contribution in [2.24, 2.45) is 0 Å². The maximum atomic E-state index is 10.5. The summed E-state index contributed by atoms with van der Waals surface area (Å²) in [5.74, 6) is 0.0415. The molecule has 4 heteroatoms. The van der Waals surface area contributed by atoms with E-state index in [1.165, 1.54) is 6.92 Å². The lowest BCUT2D eigenvalue weighted by Crippen LogP contribution is -2.01. The first-order valence-electron chi connectivity index (χ1n) is 3.13. The molecule has 12 heavy (non-hydrogen) atoms. The lowest BCUT2D eigenvalue weighted by molar-refractivity contribution is -0.131. The van der Waals surface area contributed by atoms with Gasteiger partial charge in [-0.1, -0.05) is 23.7 Å². The van der Waals surface area contributed by atoms with E-state index in [1.807, 2.05) is 0 Å². The third-order valence-electron chi connectivity index (χ3n) is 1.09. The molecule has 0 amide bonds. The van der Waals surface area contributed by atoms with Crippen LogP contribution in [0.25, 0.3) is 0 Å². The molecule has 0 aromatic heterocycles. The molecule has 2 nitrogen and oxygen atoms in total. The summed E-state index contributed by atoms with van der Waals surface area (Å²) in [7, 11) is 0. The summed E-state index contributed by atoms with van der Waals surface area (Å²) in [6.07, 6.45) is 0. The molecule has 0 fully saturated rings. The number of esters is 1. The first kappa shape index (κ1) is 11.3. The molecule has 0 aliphatic rings. The summed E-state index contributed by atoms with van der Waals surface area (Å²) >= 11 is 5.69. The quantitative estimate of drug-likeness (QED) is 0.522. The van der Waals surface area contributed by atoms with Crippen LogP contribution in [0.1, 0.15) is 6.92 Å². The van der Waals surface area contributed by atoms with E-state index in [9.17, 15) is 4.79 Å². The number of hydrogen-bond acceptors (Lipinski definition) is 2. The van der Waals surface area contributed by atoms with Gasteiger partial charge in [-0.05, 0) is 12.1 Å². The Labute approximate surface area is 81.9 Å². The average Bonchev–Trinajstić information content (AvgIpc) is 1.93. The van der Waals surface area contributed by atoms with E-state index in [4.69, 9.17) is 16.3 Å². The molecule has 0 heterocycles. The topological polar surface area (TPSA) is 26.3 Å². The summed E-state index contributed by atoms with van der Waals surface area (Å²) in [6, 6.07) is 6.84. The standard InChI is InChI=1S/C8H7ClO2.ClH/c1-6(10)11-8-5-3-2-4-7(8)9;/h2-5H,1H3;1H. The van der Waals surface area contributed by atoms with Crippen molar-refractivity contribution in [3.63, 3.8) is 0 Å². The Bertz CT molecular complexity index is 274. The van der Waals surface area contributed by atoms with E-state index >= 15 is 0 Å². The van der Waals surface area contributed by atoms with Gasteiger partial charge in [0, 0.05) is 6.92 Å². The van der Waals surface area contributed by atoms with Gasteiger partial charge < -0.3 is 4.74 Å². The number of hydrogen-bond donors (Lipinski definition) is 0. The predicted octanol–water partition coefficient (Wildman–Crippen LogP) is 2.69. The first-order valence-corrected chi connectivity index (χ1v) is 3.51. The van der Waals surface area contributed by atoms with Crippen LogP contribution in [0, 0.1) is 0 Å². The zero-order chi connectivity index (χ0) is 8.27. The van der Waals surface area contributed by atoms with Crippen LogP contribution >= 0.6 is 24.0 Å². The number of para-hydroxylation sites is 1. The Balaban J connectivity index is 0.00000121. The summed E-state index contributed by atoms with van der Waals surface area (Å²) in [5.41, 5.74) is 0. The fourth-order valence-electron chi connectivity index (χ4n) is 0.682. The van der Waals surface area contributed by atoms with Crippen LogP contribution in [0.4, 0.5) is 0 Å². The third kappa shape index (κ3) is 3.11. The minimum Gasteiger partial charge on any atom is -0.425 e. The number of carbonyl (C=O) groups is 1. The van der Waals surface area contributed by atoms with Crippen molar-refractivity contribution in [2.45, 2.75) is 6.92 Å². The molecule has 0 saturated carbocycles. The molecule has 0 aliphatic heterocycles. The molecule has 0 unspecified atom stereocenters. The molecule has 0 spiro atoms. The van der Waals surface area contributed by atoms with Crippen LogP contribution in [0.15, 0.2) is 24.3 Å². The Morgan fingerprint density at radius 1 is 1.42 bits per heavy atom. The Hall–Kier alpha value is -0.730. The molecule has 0 atom stereocenters. The number of halogens is 2. The highest BCUT2D eigenvalue weighted by atomic mass is 35.5. The predicted molar refractivity (Wildman–Crippen MR) is 50.0 cm³/mol. The van der Waals surface area contributed by atoms with Crippen LogP contribution in [0.2, 0.25) is 5.02 Å². The molecule has 0 N–H and O–H groups in total. The second-order valence-electron chi connectivity index (χ2n) is 2.02. The minimum absolute atomic E-state index is 0. The summed E-state index contributed by atoms with van der Waals surface area (Å²) in [5, 5.41) is 0.447. The Morgan fingerprint density at radius 3 is 2.50 bits per heavy atom. The van der Waals surface area contributed by atoms with Crippen molar-refractivity contribution in [3.05, 3.63) is 29.3 Å². The lowest BCUT2D eigenvalue weighted by Gasteiger charge is -2.01. The van der Waals surface area contributed by atoms with Crippen molar-refractivity contribution >= 4 is 30.0 Å². The van der Waals surface area contributed by atoms with Crippen molar-refractivity contribution in [1.29, 1.82) is 0 Å². The molecule has 1 aromatic carbocycles. The van der Waals surface area contributed by atoms with E-state index in [1.54, 1.807) is 24.3 Å². The van der Waals surface area contributed by atoms with Crippen molar-refractivity contribution in [2.75, 3.05) is 0 Å². The number of carbonyl (C=O) groups excluding carboxylic acids is 1. The van der Waals surface area contributed by atoms with Gasteiger partial charge in [-0.2, -0.15) is 0 Å². The van der Waals surface area contributed by atoms with Crippen molar-refractivity contribution in [1.82, 2.24) is 0 Å². The Morgan fingerprint density at radius 2 is 2.00 bits per heavy atom. The fourth-order valence-corrected chi connectivity index (χ4v) is 0.857. The SMILES string of the molecule is CC(=O)Oc1ccccc1Cl.Cl. The third-order valence-corrected chi connectivity index (χ3v) is 1.40. The van der Waals surface area contributed by atoms with E-state index in [0.29, 0.717) is 10.8 Å². The van der Waals surface area contributed by atoms with E-state index in [2.05, 4.69) is 0 Å². The fraction of sp³-hybridized carbons (Fsp3) is 0.125. The zero-order valence-corrected chi connectivity index (χ0v) is 7.98. The van der Waals surface area contributed by atoms with Crippen LogP contribution in [-0.2, 0) is 4.79 Å². The highest BCUT2D eigenvalue weighted by Crippen LogP contribution is 2.22. The van der Waals surface area contributed by atoms with Gasteiger partial charge in [0.2, 0.25) is 0 Å². The van der Waals surface area contributed by atoms with E-state index in [0.717, 1.165) is 0 Å². The largest absolute Gasteiger partial charge is 0.425 e. The molecule has 0 radical (unpaired) electrons. The summed E-state index contributed by atoms with van der Waals surface area (Å²) < 4.78 is 4.77. The molecule has 1 aromatic rings. The van der Waals surface area contributed by atoms with Crippen molar-refractivity contribution in [3.8, 4) is 5.75 Å². The zero-order valence-electron chi connectivity index (χ0n) is 6.41. The molecule has 0 aliphatic carbocycles. The van der Waals surface area contributed by atoms with Gasteiger partial charge in [-0.15, -0.1) is 12.4 Å². The highest BCUT2D eigenvalue weighted by Gasteiger charge is 2.00. The smallest absolute Gasteiger partial charge is 0.308 e. The van der Waals surface area contributed by atoms with Crippen LogP contribution < -0.4 is 4.74 Å². The molecule has 1 rings (SSSR count). The minimum atomic E-state index is -0.363. The number of benzene rings is 1. The lowest BCUT2D eigenvalue weighted by atomic mass is 10.3. The molecular weight excluding hydrogens is 199 g/mol. The normalized spacial score (nSPS) is 8.50.